The minimum atomic E-state index is -0.292. The molecule has 0 aliphatic rings. The van der Waals surface area contributed by atoms with Crippen molar-refractivity contribution in [3.63, 3.8) is 0 Å². The summed E-state index contributed by atoms with van der Waals surface area (Å²) in [5.41, 5.74) is 2.68. The van der Waals surface area contributed by atoms with Gasteiger partial charge in [0, 0.05) is 16.7 Å². The van der Waals surface area contributed by atoms with E-state index in [1.165, 1.54) is 12.1 Å². The Balaban J connectivity index is 1.81. The lowest BCUT2D eigenvalue weighted by molar-refractivity contribution is -0.115. The maximum atomic E-state index is 13.1. The predicted molar refractivity (Wildman–Crippen MR) is 85.6 cm³/mol. The highest BCUT2D eigenvalue weighted by atomic mass is 79.9. The standard InChI is InChI=1S/C16H16BrFN2O/c1-11-2-5-14(6-3-11)20-16(21)10-19-9-12-8-13(18)4-7-15(12)17/h2-8,19H,9-10H2,1H3,(H,20,21). The Hall–Kier alpha value is -1.72. The Morgan fingerprint density at radius 3 is 2.62 bits per heavy atom. The molecule has 0 saturated heterocycles. The number of anilines is 1. The molecular weight excluding hydrogens is 335 g/mol. The van der Waals surface area contributed by atoms with E-state index in [2.05, 4.69) is 26.6 Å². The van der Waals surface area contributed by atoms with E-state index >= 15 is 0 Å². The summed E-state index contributed by atoms with van der Waals surface area (Å²) in [6.07, 6.45) is 0. The third-order valence-corrected chi connectivity index (χ3v) is 3.72. The highest BCUT2D eigenvalue weighted by molar-refractivity contribution is 9.10. The van der Waals surface area contributed by atoms with E-state index in [0.29, 0.717) is 6.54 Å². The van der Waals surface area contributed by atoms with E-state index in [0.717, 1.165) is 21.3 Å². The summed E-state index contributed by atoms with van der Waals surface area (Å²) >= 11 is 3.35. The first-order valence-corrected chi connectivity index (χ1v) is 7.35. The summed E-state index contributed by atoms with van der Waals surface area (Å²) in [4.78, 5) is 11.8. The highest BCUT2D eigenvalue weighted by Gasteiger charge is 2.04. The molecular formula is C16H16BrFN2O. The third-order valence-electron chi connectivity index (χ3n) is 2.94. The van der Waals surface area contributed by atoms with Crippen molar-refractivity contribution in [2.45, 2.75) is 13.5 Å². The summed E-state index contributed by atoms with van der Waals surface area (Å²) in [6.45, 7) is 2.57. The summed E-state index contributed by atoms with van der Waals surface area (Å²) in [5.74, 6) is -0.425. The second-order valence-corrected chi connectivity index (χ2v) is 5.61. The molecule has 2 aromatic rings. The van der Waals surface area contributed by atoms with Crippen LogP contribution in [0.1, 0.15) is 11.1 Å². The van der Waals surface area contributed by atoms with E-state index in [-0.39, 0.29) is 18.3 Å². The number of nitrogens with one attached hydrogen (secondary N) is 2. The van der Waals surface area contributed by atoms with Gasteiger partial charge in [0.05, 0.1) is 6.54 Å². The molecule has 0 aliphatic carbocycles. The Morgan fingerprint density at radius 1 is 1.19 bits per heavy atom. The zero-order valence-corrected chi connectivity index (χ0v) is 13.2. The van der Waals surface area contributed by atoms with Crippen LogP contribution >= 0.6 is 15.9 Å². The second-order valence-electron chi connectivity index (χ2n) is 4.75. The van der Waals surface area contributed by atoms with Crippen LogP contribution in [0.2, 0.25) is 0 Å². The molecule has 0 aromatic heterocycles. The van der Waals surface area contributed by atoms with Gasteiger partial charge in [-0.3, -0.25) is 4.79 Å². The SMILES string of the molecule is Cc1ccc(NC(=O)CNCc2cc(F)ccc2Br)cc1. The van der Waals surface area contributed by atoms with E-state index in [1.54, 1.807) is 6.07 Å². The maximum Gasteiger partial charge on any atom is 0.238 e. The number of rotatable bonds is 5. The number of benzene rings is 2. The Labute approximate surface area is 131 Å². The molecule has 21 heavy (non-hydrogen) atoms. The van der Waals surface area contributed by atoms with Crippen LogP contribution in [0.5, 0.6) is 0 Å². The van der Waals surface area contributed by atoms with Crippen LogP contribution in [0.15, 0.2) is 46.9 Å². The zero-order chi connectivity index (χ0) is 15.2. The molecule has 0 unspecified atom stereocenters. The van der Waals surface area contributed by atoms with Gasteiger partial charge in [-0.25, -0.2) is 4.39 Å². The van der Waals surface area contributed by atoms with Crippen molar-refractivity contribution >= 4 is 27.5 Å². The first-order valence-electron chi connectivity index (χ1n) is 6.56. The number of aryl methyl sites for hydroxylation is 1. The molecule has 0 aliphatic heterocycles. The van der Waals surface area contributed by atoms with Crippen molar-refractivity contribution in [2.75, 3.05) is 11.9 Å². The van der Waals surface area contributed by atoms with E-state index in [9.17, 15) is 9.18 Å². The number of hydrogen-bond acceptors (Lipinski definition) is 2. The maximum absolute atomic E-state index is 13.1. The molecule has 0 radical (unpaired) electrons. The fourth-order valence-corrected chi connectivity index (χ4v) is 2.22. The van der Waals surface area contributed by atoms with Crippen LogP contribution in [-0.4, -0.2) is 12.5 Å². The first kappa shape index (κ1) is 15.7. The molecule has 0 saturated carbocycles. The molecule has 2 aromatic carbocycles. The Kier molecular flexibility index (Phi) is 5.47. The molecule has 0 spiro atoms. The molecule has 2 N–H and O–H groups in total. The number of carbonyl (C=O) groups excluding carboxylic acids is 1. The summed E-state index contributed by atoms with van der Waals surface area (Å²) in [6, 6.07) is 12.1. The highest BCUT2D eigenvalue weighted by Crippen LogP contribution is 2.17. The first-order chi connectivity index (χ1) is 10.0. The summed E-state index contributed by atoms with van der Waals surface area (Å²) in [7, 11) is 0. The van der Waals surface area contributed by atoms with Crippen LogP contribution < -0.4 is 10.6 Å². The second kappa shape index (κ2) is 7.33. The molecule has 5 heteroatoms. The van der Waals surface area contributed by atoms with Crippen molar-refractivity contribution in [2.24, 2.45) is 0 Å². The van der Waals surface area contributed by atoms with Crippen LogP contribution in [-0.2, 0) is 11.3 Å². The number of halogens is 2. The number of hydrogen-bond donors (Lipinski definition) is 2. The molecule has 0 heterocycles. The molecule has 0 atom stereocenters. The van der Waals surface area contributed by atoms with Gasteiger partial charge in [-0.15, -0.1) is 0 Å². The van der Waals surface area contributed by atoms with Crippen molar-refractivity contribution in [1.29, 1.82) is 0 Å². The molecule has 1 amide bonds. The number of amides is 1. The third kappa shape index (κ3) is 4.95. The van der Waals surface area contributed by atoms with Gasteiger partial charge in [0.25, 0.3) is 0 Å². The normalized spacial score (nSPS) is 10.4. The van der Waals surface area contributed by atoms with E-state index in [4.69, 9.17) is 0 Å². The fourth-order valence-electron chi connectivity index (χ4n) is 1.83. The summed E-state index contributed by atoms with van der Waals surface area (Å²) < 4.78 is 13.9. The van der Waals surface area contributed by atoms with Crippen molar-refractivity contribution < 1.29 is 9.18 Å². The molecule has 0 bridgehead atoms. The minimum absolute atomic E-state index is 0.133. The van der Waals surface area contributed by atoms with Crippen molar-refractivity contribution in [1.82, 2.24) is 5.32 Å². The topological polar surface area (TPSA) is 41.1 Å². The molecule has 0 fully saturated rings. The number of carbonyl (C=O) groups is 1. The average Bonchev–Trinajstić information content (AvgIpc) is 2.45. The fraction of sp³-hybridized carbons (Fsp3) is 0.188. The van der Waals surface area contributed by atoms with Gasteiger partial charge in [0.1, 0.15) is 5.82 Å². The van der Waals surface area contributed by atoms with Gasteiger partial charge in [0.2, 0.25) is 5.91 Å². The van der Waals surface area contributed by atoms with Gasteiger partial charge in [-0.2, -0.15) is 0 Å². The predicted octanol–water partition coefficient (Wildman–Crippen LogP) is 3.62. The van der Waals surface area contributed by atoms with E-state index in [1.807, 2.05) is 31.2 Å². The lowest BCUT2D eigenvalue weighted by Crippen LogP contribution is -2.27. The summed E-state index contributed by atoms with van der Waals surface area (Å²) in [5, 5.41) is 5.79. The zero-order valence-electron chi connectivity index (χ0n) is 11.6. The van der Waals surface area contributed by atoms with Crippen LogP contribution in [0.3, 0.4) is 0 Å². The van der Waals surface area contributed by atoms with Crippen molar-refractivity contribution in [3.8, 4) is 0 Å². The monoisotopic (exact) mass is 350 g/mol. The van der Waals surface area contributed by atoms with Crippen molar-refractivity contribution in [3.05, 3.63) is 63.9 Å². The van der Waals surface area contributed by atoms with Crippen LogP contribution in [0.4, 0.5) is 10.1 Å². The molecule has 3 nitrogen and oxygen atoms in total. The minimum Gasteiger partial charge on any atom is -0.325 e. The Morgan fingerprint density at radius 2 is 1.90 bits per heavy atom. The van der Waals surface area contributed by atoms with Gasteiger partial charge in [-0.1, -0.05) is 33.6 Å². The molecule has 2 rings (SSSR count). The van der Waals surface area contributed by atoms with Gasteiger partial charge >= 0.3 is 0 Å². The quantitative estimate of drug-likeness (QED) is 0.864. The van der Waals surface area contributed by atoms with E-state index < -0.39 is 0 Å². The van der Waals surface area contributed by atoms with Gasteiger partial charge in [0.15, 0.2) is 0 Å². The van der Waals surface area contributed by atoms with Gasteiger partial charge < -0.3 is 10.6 Å². The molecule has 110 valence electrons. The largest absolute Gasteiger partial charge is 0.325 e. The lowest BCUT2D eigenvalue weighted by atomic mass is 10.2. The lowest BCUT2D eigenvalue weighted by Gasteiger charge is -2.08. The van der Waals surface area contributed by atoms with Crippen LogP contribution in [0.25, 0.3) is 0 Å². The van der Waals surface area contributed by atoms with Gasteiger partial charge in [-0.05, 0) is 42.8 Å². The van der Waals surface area contributed by atoms with Crippen LogP contribution in [0, 0.1) is 12.7 Å². The Bertz CT molecular complexity index is 629. The average molecular weight is 351 g/mol. The smallest absolute Gasteiger partial charge is 0.238 e.